The molecule has 27 heavy (non-hydrogen) atoms. The van der Waals surface area contributed by atoms with Gasteiger partial charge in [0.1, 0.15) is 5.75 Å². The zero-order valence-corrected chi connectivity index (χ0v) is 15.8. The van der Waals surface area contributed by atoms with E-state index < -0.39 is 0 Å². The number of carbonyl (C=O) groups is 2. The third-order valence-corrected chi connectivity index (χ3v) is 4.77. The SMILES string of the molecule is CC(C)c1cccc(OCC(=O)NC2CCN(C(=O)c3ccco3)CC2)c1. The first-order valence-corrected chi connectivity index (χ1v) is 9.38. The lowest BCUT2D eigenvalue weighted by atomic mass is 10.0. The maximum atomic E-state index is 12.2. The fourth-order valence-electron chi connectivity index (χ4n) is 3.16. The van der Waals surface area contributed by atoms with Crippen molar-refractivity contribution >= 4 is 11.8 Å². The summed E-state index contributed by atoms with van der Waals surface area (Å²) < 4.78 is 10.8. The second kappa shape index (κ2) is 8.75. The number of rotatable bonds is 6. The molecule has 0 aliphatic carbocycles. The minimum atomic E-state index is -0.138. The molecule has 0 radical (unpaired) electrons. The molecule has 2 aromatic rings. The highest BCUT2D eigenvalue weighted by molar-refractivity contribution is 5.91. The molecule has 1 aliphatic heterocycles. The van der Waals surface area contributed by atoms with Crippen LogP contribution in [0.1, 0.15) is 48.7 Å². The first-order chi connectivity index (χ1) is 13.0. The Hall–Kier alpha value is -2.76. The van der Waals surface area contributed by atoms with Crippen molar-refractivity contribution in [3.8, 4) is 5.75 Å². The summed E-state index contributed by atoms with van der Waals surface area (Å²) in [6.45, 7) is 5.43. The van der Waals surface area contributed by atoms with E-state index in [0.717, 1.165) is 12.8 Å². The molecular formula is C21H26N2O4. The van der Waals surface area contributed by atoms with E-state index in [2.05, 4.69) is 25.2 Å². The van der Waals surface area contributed by atoms with Gasteiger partial charge in [-0.25, -0.2) is 0 Å². The van der Waals surface area contributed by atoms with E-state index in [4.69, 9.17) is 9.15 Å². The molecule has 0 saturated carbocycles. The summed E-state index contributed by atoms with van der Waals surface area (Å²) in [7, 11) is 0. The summed E-state index contributed by atoms with van der Waals surface area (Å²) in [6, 6.07) is 11.3. The number of nitrogens with zero attached hydrogens (tertiary/aromatic N) is 1. The van der Waals surface area contributed by atoms with Gasteiger partial charge in [0, 0.05) is 19.1 Å². The monoisotopic (exact) mass is 370 g/mol. The first-order valence-electron chi connectivity index (χ1n) is 9.38. The zero-order valence-electron chi connectivity index (χ0n) is 15.8. The average Bonchev–Trinajstić information content (AvgIpc) is 3.21. The lowest BCUT2D eigenvalue weighted by molar-refractivity contribution is -0.124. The highest BCUT2D eigenvalue weighted by Crippen LogP contribution is 2.20. The molecular weight excluding hydrogens is 344 g/mol. The molecule has 2 heterocycles. The second-order valence-electron chi connectivity index (χ2n) is 7.13. The standard InChI is InChI=1S/C21H26N2O4/c1-15(2)16-5-3-6-18(13-16)27-14-20(24)22-17-8-10-23(11-9-17)21(25)19-7-4-12-26-19/h3-7,12-13,15,17H,8-11,14H2,1-2H3,(H,22,24). The molecule has 6 nitrogen and oxygen atoms in total. The molecule has 144 valence electrons. The van der Waals surface area contributed by atoms with Gasteiger partial charge in [0.2, 0.25) is 0 Å². The Morgan fingerprint density at radius 2 is 2.00 bits per heavy atom. The quantitative estimate of drug-likeness (QED) is 0.848. The Kier molecular flexibility index (Phi) is 6.16. The number of ether oxygens (including phenoxy) is 1. The molecule has 1 fully saturated rings. The third-order valence-electron chi connectivity index (χ3n) is 4.77. The van der Waals surface area contributed by atoms with Crippen LogP contribution in [0.4, 0.5) is 0 Å². The van der Waals surface area contributed by atoms with E-state index in [9.17, 15) is 9.59 Å². The van der Waals surface area contributed by atoms with Crippen LogP contribution in [0.3, 0.4) is 0 Å². The molecule has 1 aromatic heterocycles. The lowest BCUT2D eigenvalue weighted by Crippen LogP contribution is -2.47. The number of amides is 2. The number of carbonyl (C=O) groups excluding carboxylic acids is 2. The summed E-state index contributed by atoms with van der Waals surface area (Å²) in [5, 5.41) is 3.00. The van der Waals surface area contributed by atoms with Crippen LogP contribution in [-0.2, 0) is 4.79 Å². The van der Waals surface area contributed by atoms with Crippen molar-refractivity contribution in [1.82, 2.24) is 10.2 Å². The van der Waals surface area contributed by atoms with Crippen LogP contribution < -0.4 is 10.1 Å². The summed E-state index contributed by atoms with van der Waals surface area (Å²) in [6.07, 6.45) is 2.94. The van der Waals surface area contributed by atoms with Crippen molar-refractivity contribution in [2.24, 2.45) is 0 Å². The van der Waals surface area contributed by atoms with Gasteiger partial charge in [-0.3, -0.25) is 9.59 Å². The van der Waals surface area contributed by atoms with Gasteiger partial charge in [-0.1, -0.05) is 26.0 Å². The maximum absolute atomic E-state index is 12.2. The van der Waals surface area contributed by atoms with Crippen LogP contribution in [0.2, 0.25) is 0 Å². The van der Waals surface area contributed by atoms with Crippen molar-refractivity contribution in [2.75, 3.05) is 19.7 Å². The Labute approximate surface area is 159 Å². The normalized spacial score (nSPS) is 15.0. The molecule has 1 N–H and O–H groups in total. The molecule has 0 unspecified atom stereocenters. The third kappa shape index (κ3) is 5.12. The molecule has 1 saturated heterocycles. The van der Waals surface area contributed by atoms with Gasteiger partial charge in [0.15, 0.2) is 12.4 Å². The highest BCUT2D eigenvalue weighted by atomic mass is 16.5. The predicted molar refractivity (Wildman–Crippen MR) is 102 cm³/mol. The Balaban J connectivity index is 1.42. The number of hydrogen-bond donors (Lipinski definition) is 1. The number of furan rings is 1. The number of nitrogens with one attached hydrogen (secondary N) is 1. The average molecular weight is 370 g/mol. The van der Waals surface area contributed by atoms with Gasteiger partial charge < -0.3 is 19.4 Å². The van der Waals surface area contributed by atoms with E-state index in [0.29, 0.717) is 30.5 Å². The van der Waals surface area contributed by atoms with Crippen LogP contribution >= 0.6 is 0 Å². The van der Waals surface area contributed by atoms with Crippen LogP contribution in [-0.4, -0.2) is 42.5 Å². The first kappa shape index (κ1) is 19.0. The van der Waals surface area contributed by atoms with Gasteiger partial charge in [-0.15, -0.1) is 0 Å². The largest absolute Gasteiger partial charge is 0.484 e. The Bertz CT molecular complexity index is 762. The van der Waals surface area contributed by atoms with E-state index >= 15 is 0 Å². The summed E-state index contributed by atoms with van der Waals surface area (Å²) in [5.41, 5.74) is 1.18. The number of benzene rings is 1. The smallest absolute Gasteiger partial charge is 0.289 e. The van der Waals surface area contributed by atoms with Crippen molar-refractivity contribution in [2.45, 2.75) is 38.6 Å². The van der Waals surface area contributed by atoms with E-state index in [1.165, 1.54) is 11.8 Å². The fourth-order valence-corrected chi connectivity index (χ4v) is 3.16. The Morgan fingerprint density at radius 1 is 1.22 bits per heavy atom. The number of likely N-dealkylation sites (tertiary alicyclic amines) is 1. The van der Waals surface area contributed by atoms with Crippen molar-refractivity contribution < 1.29 is 18.7 Å². The van der Waals surface area contributed by atoms with Crippen LogP contribution in [0.15, 0.2) is 47.1 Å². The van der Waals surface area contributed by atoms with Crippen molar-refractivity contribution in [3.05, 3.63) is 54.0 Å². The number of piperidine rings is 1. The van der Waals surface area contributed by atoms with Crippen LogP contribution in [0.25, 0.3) is 0 Å². The molecule has 1 aromatic carbocycles. The summed E-state index contributed by atoms with van der Waals surface area (Å²) in [5.74, 6) is 1.24. The van der Waals surface area contributed by atoms with Gasteiger partial charge in [0.25, 0.3) is 11.8 Å². The van der Waals surface area contributed by atoms with Gasteiger partial charge in [-0.2, -0.15) is 0 Å². The second-order valence-corrected chi connectivity index (χ2v) is 7.13. The highest BCUT2D eigenvalue weighted by Gasteiger charge is 2.25. The minimum absolute atomic E-state index is 0.00686. The van der Waals surface area contributed by atoms with Gasteiger partial charge >= 0.3 is 0 Å². The minimum Gasteiger partial charge on any atom is -0.484 e. The topological polar surface area (TPSA) is 71.8 Å². The molecule has 0 spiro atoms. The molecule has 1 aliphatic rings. The van der Waals surface area contributed by atoms with Crippen molar-refractivity contribution in [3.63, 3.8) is 0 Å². The number of hydrogen-bond acceptors (Lipinski definition) is 4. The Morgan fingerprint density at radius 3 is 2.67 bits per heavy atom. The fraction of sp³-hybridized carbons (Fsp3) is 0.429. The summed E-state index contributed by atoms with van der Waals surface area (Å²) in [4.78, 5) is 26.2. The molecule has 6 heteroatoms. The van der Waals surface area contributed by atoms with E-state index in [1.807, 2.05) is 18.2 Å². The van der Waals surface area contributed by atoms with Gasteiger partial charge in [-0.05, 0) is 48.6 Å². The summed E-state index contributed by atoms with van der Waals surface area (Å²) >= 11 is 0. The molecule has 3 rings (SSSR count). The lowest BCUT2D eigenvalue weighted by Gasteiger charge is -2.31. The molecule has 2 amide bonds. The van der Waals surface area contributed by atoms with Crippen molar-refractivity contribution in [1.29, 1.82) is 0 Å². The van der Waals surface area contributed by atoms with E-state index in [-0.39, 0.29) is 24.5 Å². The van der Waals surface area contributed by atoms with Gasteiger partial charge in [0.05, 0.1) is 6.26 Å². The molecule has 0 bridgehead atoms. The molecule has 0 atom stereocenters. The zero-order chi connectivity index (χ0) is 19.2. The maximum Gasteiger partial charge on any atom is 0.289 e. The predicted octanol–water partition coefficient (Wildman–Crippen LogP) is 3.20. The van der Waals surface area contributed by atoms with Crippen LogP contribution in [0.5, 0.6) is 5.75 Å². The van der Waals surface area contributed by atoms with E-state index in [1.54, 1.807) is 17.0 Å². The van der Waals surface area contributed by atoms with Crippen LogP contribution in [0, 0.1) is 0 Å².